The highest BCUT2D eigenvalue weighted by molar-refractivity contribution is 5.89. The average Bonchev–Trinajstić information content (AvgIpc) is 2.55. The van der Waals surface area contributed by atoms with Gasteiger partial charge in [-0.15, -0.1) is 0 Å². The van der Waals surface area contributed by atoms with E-state index in [4.69, 9.17) is 10.00 Å². The van der Waals surface area contributed by atoms with Crippen molar-refractivity contribution in [2.45, 2.75) is 51.6 Å². The topological polar surface area (TPSA) is 50.1 Å². The summed E-state index contributed by atoms with van der Waals surface area (Å²) in [5, 5.41) is 8.54. The molecule has 0 saturated heterocycles. The standard InChI is InChI=1S/C19H23NO2/c1-2-4-15-6-10-17(11-7-15)19(21)22-18-12-8-16(9-13-18)5-3-14-20/h3,5-7,10-11,16,18H,2,4,8-9,12-13H2,1H3/b5-3+. The minimum Gasteiger partial charge on any atom is -0.459 e. The molecule has 1 fully saturated rings. The number of nitrogens with zero attached hydrogens (tertiary/aromatic N) is 1. The zero-order valence-corrected chi connectivity index (χ0v) is 13.1. The van der Waals surface area contributed by atoms with Crippen LogP contribution in [0.25, 0.3) is 0 Å². The predicted molar refractivity (Wildman–Crippen MR) is 86.4 cm³/mol. The summed E-state index contributed by atoms with van der Waals surface area (Å²) >= 11 is 0. The van der Waals surface area contributed by atoms with E-state index >= 15 is 0 Å². The minimum atomic E-state index is -0.223. The molecule has 2 rings (SSSR count). The van der Waals surface area contributed by atoms with Gasteiger partial charge in [0.15, 0.2) is 0 Å². The third kappa shape index (κ3) is 4.73. The van der Waals surface area contributed by atoms with Crippen molar-refractivity contribution in [2.24, 2.45) is 5.92 Å². The number of rotatable bonds is 5. The molecule has 0 unspecified atom stereocenters. The van der Waals surface area contributed by atoms with Gasteiger partial charge in [0.1, 0.15) is 6.10 Å². The van der Waals surface area contributed by atoms with E-state index in [0.29, 0.717) is 11.5 Å². The molecular weight excluding hydrogens is 274 g/mol. The summed E-state index contributed by atoms with van der Waals surface area (Å²) in [5.41, 5.74) is 1.88. The van der Waals surface area contributed by atoms with Gasteiger partial charge in [-0.25, -0.2) is 4.79 Å². The molecule has 0 spiro atoms. The van der Waals surface area contributed by atoms with Gasteiger partial charge in [0.2, 0.25) is 0 Å². The van der Waals surface area contributed by atoms with Gasteiger partial charge in [-0.2, -0.15) is 5.26 Å². The molecule has 0 amide bonds. The number of benzene rings is 1. The van der Waals surface area contributed by atoms with Crippen LogP contribution in [0.15, 0.2) is 36.4 Å². The lowest BCUT2D eigenvalue weighted by atomic mass is 9.87. The molecular formula is C19H23NO2. The molecule has 0 heterocycles. The first-order valence-electron chi connectivity index (χ1n) is 8.09. The number of carbonyl (C=O) groups is 1. The molecule has 0 aliphatic heterocycles. The molecule has 116 valence electrons. The maximum absolute atomic E-state index is 12.2. The lowest BCUT2D eigenvalue weighted by Gasteiger charge is -2.26. The molecule has 0 bridgehead atoms. The van der Waals surface area contributed by atoms with E-state index in [0.717, 1.165) is 38.5 Å². The Balaban J connectivity index is 1.83. The average molecular weight is 297 g/mol. The van der Waals surface area contributed by atoms with Crippen LogP contribution in [0.1, 0.15) is 54.9 Å². The van der Waals surface area contributed by atoms with Gasteiger partial charge in [-0.1, -0.05) is 31.6 Å². The molecule has 1 aromatic rings. The maximum Gasteiger partial charge on any atom is 0.338 e. The first-order chi connectivity index (χ1) is 10.7. The number of ether oxygens (including phenoxy) is 1. The van der Waals surface area contributed by atoms with Gasteiger partial charge < -0.3 is 4.74 Å². The molecule has 3 nitrogen and oxygen atoms in total. The molecule has 1 saturated carbocycles. The summed E-state index contributed by atoms with van der Waals surface area (Å²) in [4.78, 5) is 12.2. The van der Waals surface area contributed by atoms with E-state index in [1.165, 1.54) is 5.56 Å². The van der Waals surface area contributed by atoms with Crippen molar-refractivity contribution in [3.8, 4) is 6.07 Å². The maximum atomic E-state index is 12.2. The predicted octanol–water partition coefficient (Wildman–Crippen LogP) is 4.43. The van der Waals surface area contributed by atoms with Crippen LogP contribution in [0, 0.1) is 17.2 Å². The Kier molecular flexibility index (Phi) is 6.21. The molecule has 0 atom stereocenters. The zero-order chi connectivity index (χ0) is 15.8. The van der Waals surface area contributed by atoms with Gasteiger partial charge in [0, 0.05) is 6.08 Å². The van der Waals surface area contributed by atoms with Crippen molar-refractivity contribution in [2.75, 3.05) is 0 Å². The Morgan fingerprint density at radius 2 is 1.95 bits per heavy atom. The highest BCUT2D eigenvalue weighted by atomic mass is 16.5. The summed E-state index contributed by atoms with van der Waals surface area (Å²) < 4.78 is 5.60. The third-order valence-electron chi connectivity index (χ3n) is 4.16. The number of esters is 1. The van der Waals surface area contributed by atoms with E-state index in [1.807, 2.05) is 36.4 Å². The summed E-state index contributed by atoms with van der Waals surface area (Å²) in [5.74, 6) is 0.224. The van der Waals surface area contributed by atoms with Gasteiger partial charge in [-0.05, 0) is 55.7 Å². The van der Waals surface area contributed by atoms with Crippen LogP contribution < -0.4 is 0 Å². The molecule has 0 aromatic heterocycles. The van der Waals surface area contributed by atoms with Crippen molar-refractivity contribution in [3.05, 3.63) is 47.5 Å². The lowest BCUT2D eigenvalue weighted by Crippen LogP contribution is -2.24. The normalized spacial score (nSPS) is 21.5. The fraction of sp³-hybridized carbons (Fsp3) is 0.474. The number of carbonyl (C=O) groups excluding carboxylic acids is 1. The summed E-state index contributed by atoms with van der Waals surface area (Å²) in [6.07, 6.45) is 9.37. The molecule has 1 aromatic carbocycles. The van der Waals surface area contributed by atoms with Crippen molar-refractivity contribution in [1.82, 2.24) is 0 Å². The Labute approximate surface area is 132 Å². The molecule has 22 heavy (non-hydrogen) atoms. The van der Waals surface area contributed by atoms with Crippen molar-refractivity contribution in [3.63, 3.8) is 0 Å². The highest BCUT2D eigenvalue weighted by Crippen LogP contribution is 2.27. The number of nitriles is 1. The Morgan fingerprint density at radius 1 is 1.27 bits per heavy atom. The Hall–Kier alpha value is -2.08. The van der Waals surface area contributed by atoms with Crippen LogP contribution >= 0.6 is 0 Å². The third-order valence-corrected chi connectivity index (χ3v) is 4.16. The van der Waals surface area contributed by atoms with Crippen LogP contribution in [0.5, 0.6) is 0 Å². The smallest absolute Gasteiger partial charge is 0.338 e. The Morgan fingerprint density at radius 3 is 2.55 bits per heavy atom. The van der Waals surface area contributed by atoms with Crippen LogP contribution in [0.4, 0.5) is 0 Å². The van der Waals surface area contributed by atoms with Gasteiger partial charge in [0.05, 0.1) is 11.6 Å². The molecule has 1 aliphatic rings. The fourth-order valence-electron chi connectivity index (χ4n) is 2.89. The summed E-state index contributed by atoms with van der Waals surface area (Å²) in [7, 11) is 0. The SMILES string of the molecule is CCCc1ccc(C(=O)OC2CCC(/C=C/C#N)CC2)cc1. The van der Waals surface area contributed by atoms with Crippen LogP contribution in [0.2, 0.25) is 0 Å². The second-order valence-corrected chi connectivity index (χ2v) is 5.88. The minimum absolute atomic E-state index is 0.00885. The van der Waals surface area contributed by atoms with Crippen molar-refractivity contribution in [1.29, 1.82) is 5.26 Å². The fourth-order valence-corrected chi connectivity index (χ4v) is 2.89. The van der Waals surface area contributed by atoms with Gasteiger partial charge >= 0.3 is 5.97 Å². The molecule has 0 N–H and O–H groups in total. The van der Waals surface area contributed by atoms with Crippen molar-refractivity contribution >= 4 is 5.97 Å². The summed E-state index contributed by atoms with van der Waals surface area (Å²) in [6, 6.07) is 9.75. The second-order valence-electron chi connectivity index (χ2n) is 5.88. The van der Waals surface area contributed by atoms with Crippen LogP contribution in [-0.4, -0.2) is 12.1 Å². The lowest BCUT2D eigenvalue weighted by molar-refractivity contribution is 0.0185. The van der Waals surface area contributed by atoms with E-state index in [2.05, 4.69) is 6.92 Å². The van der Waals surface area contributed by atoms with E-state index < -0.39 is 0 Å². The number of hydrogen-bond donors (Lipinski definition) is 0. The number of aryl methyl sites for hydroxylation is 1. The van der Waals surface area contributed by atoms with E-state index in [9.17, 15) is 4.79 Å². The second kappa shape index (κ2) is 8.38. The molecule has 3 heteroatoms. The van der Waals surface area contributed by atoms with Crippen LogP contribution in [0.3, 0.4) is 0 Å². The monoisotopic (exact) mass is 297 g/mol. The summed E-state index contributed by atoms with van der Waals surface area (Å²) in [6.45, 7) is 2.14. The van der Waals surface area contributed by atoms with Gasteiger partial charge in [0.25, 0.3) is 0 Å². The van der Waals surface area contributed by atoms with Gasteiger partial charge in [-0.3, -0.25) is 0 Å². The Bertz CT molecular complexity index is 546. The van der Waals surface area contributed by atoms with Crippen molar-refractivity contribution < 1.29 is 9.53 Å². The zero-order valence-electron chi connectivity index (χ0n) is 13.1. The number of hydrogen-bond acceptors (Lipinski definition) is 3. The quantitative estimate of drug-likeness (QED) is 0.596. The van der Waals surface area contributed by atoms with Crippen LogP contribution in [-0.2, 0) is 11.2 Å². The highest BCUT2D eigenvalue weighted by Gasteiger charge is 2.23. The largest absolute Gasteiger partial charge is 0.459 e. The number of allylic oxidation sites excluding steroid dienone is 2. The first-order valence-corrected chi connectivity index (χ1v) is 8.09. The van der Waals surface area contributed by atoms with E-state index in [-0.39, 0.29) is 12.1 Å². The van der Waals surface area contributed by atoms with E-state index in [1.54, 1.807) is 6.08 Å². The molecule has 0 radical (unpaired) electrons. The first kappa shape index (κ1) is 16.3. The molecule has 1 aliphatic carbocycles.